The first-order valence-corrected chi connectivity index (χ1v) is 12.4. The van der Waals surface area contributed by atoms with Crippen molar-refractivity contribution in [1.29, 1.82) is 0 Å². The molecule has 1 aromatic heterocycles. The lowest BCUT2D eigenvalue weighted by atomic mass is 10.1. The summed E-state index contributed by atoms with van der Waals surface area (Å²) in [5, 5.41) is 6.58. The van der Waals surface area contributed by atoms with Gasteiger partial charge in [0.05, 0.1) is 23.7 Å². The Morgan fingerprint density at radius 2 is 1.72 bits per heavy atom. The van der Waals surface area contributed by atoms with Crippen LogP contribution in [-0.4, -0.2) is 53.2 Å². The lowest BCUT2D eigenvalue weighted by Gasteiger charge is -2.29. The molecule has 0 spiro atoms. The fraction of sp³-hybridized carbons (Fsp3) is 0.310. The molecule has 1 aliphatic rings. The van der Waals surface area contributed by atoms with E-state index < -0.39 is 17.7 Å². The van der Waals surface area contributed by atoms with Crippen molar-refractivity contribution in [3.63, 3.8) is 0 Å². The van der Waals surface area contributed by atoms with Crippen molar-refractivity contribution in [1.82, 2.24) is 20.5 Å². The van der Waals surface area contributed by atoms with E-state index in [1.807, 2.05) is 73.3 Å². The van der Waals surface area contributed by atoms with Gasteiger partial charge in [-0.2, -0.15) is 0 Å². The van der Waals surface area contributed by atoms with Crippen molar-refractivity contribution >= 4 is 28.5 Å². The molecule has 0 radical (unpaired) electrons. The molecule has 3 aromatic rings. The summed E-state index contributed by atoms with van der Waals surface area (Å²) >= 11 is 0. The van der Waals surface area contributed by atoms with Crippen molar-refractivity contribution in [2.45, 2.75) is 39.2 Å². The third kappa shape index (κ3) is 5.79. The standard InChI is InChI=1S/C29H32N4O3/c1-20(2)26(19-32-28(35)23-15-17-30-24-12-7-6-11-22(23)24)33-18-8-13-25(33)27(34)29(36)31-16-14-21-9-4-3-5-10-21/h3-7,9-12,15,17,25H,8,13-14,16,18-19H2,1-2H3,(H,31,36)(H,32,35). The van der Waals surface area contributed by atoms with Crippen LogP contribution in [0.3, 0.4) is 0 Å². The van der Waals surface area contributed by atoms with E-state index >= 15 is 0 Å². The number of hydrogen-bond donors (Lipinski definition) is 2. The molecule has 7 heteroatoms. The molecule has 1 atom stereocenters. The molecule has 186 valence electrons. The highest BCUT2D eigenvalue weighted by molar-refractivity contribution is 6.38. The quantitative estimate of drug-likeness (QED) is 0.453. The van der Waals surface area contributed by atoms with E-state index in [1.165, 1.54) is 0 Å². The number of likely N-dealkylation sites (tertiary alicyclic amines) is 1. The number of ketones is 1. The molecule has 2 N–H and O–H groups in total. The average molecular weight is 485 g/mol. The van der Waals surface area contributed by atoms with Crippen LogP contribution >= 0.6 is 0 Å². The molecule has 0 bridgehead atoms. The van der Waals surface area contributed by atoms with Crippen molar-refractivity contribution in [2.24, 2.45) is 0 Å². The van der Waals surface area contributed by atoms with Crippen LogP contribution in [0.25, 0.3) is 10.9 Å². The number of fused-ring (bicyclic) bond motifs is 1. The first kappa shape index (κ1) is 25.1. The van der Waals surface area contributed by atoms with Gasteiger partial charge in [0.15, 0.2) is 0 Å². The number of aromatic nitrogens is 1. The number of para-hydroxylation sites is 1. The Kier molecular flexibility index (Phi) is 8.10. The second-order valence-corrected chi connectivity index (χ2v) is 9.21. The Labute approximate surface area is 211 Å². The van der Waals surface area contributed by atoms with Crippen LogP contribution < -0.4 is 10.6 Å². The number of carbonyl (C=O) groups excluding carboxylic acids is 3. The van der Waals surface area contributed by atoms with Crippen molar-refractivity contribution < 1.29 is 14.4 Å². The van der Waals surface area contributed by atoms with Crippen LogP contribution in [0, 0.1) is 0 Å². The van der Waals surface area contributed by atoms with Gasteiger partial charge in [0.25, 0.3) is 11.8 Å². The van der Waals surface area contributed by atoms with E-state index in [-0.39, 0.29) is 12.5 Å². The Balaban J connectivity index is 1.39. The Morgan fingerprint density at radius 1 is 0.972 bits per heavy atom. The van der Waals surface area contributed by atoms with E-state index in [9.17, 15) is 14.4 Å². The Bertz CT molecular complexity index is 1280. The summed E-state index contributed by atoms with van der Waals surface area (Å²) in [7, 11) is 0. The van der Waals surface area contributed by atoms with Crippen LogP contribution in [-0.2, 0) is 16.0 Å². The van der Waals surface area contributed by atoms with Gasteiger partial charge in [0, 0.05) is 30.4 Å². The Morgan fingerprint density at radius 3 is 2.50 bits per heavy atom. The summed E-state index contributed by atoms with van der Waals surface area (Å²) in [6.45, 7) is 5.28. The molecule has 4 rings (SSSR count). The van der Waals surface area contributed by atoms with Crippen LogP contribution in [0.4, 0.5) is 0 Å². The van der Waals surface area contributed by atoms with Gasteiger partial charge in [-0.15, -0.1) is 0 Å². The van der Waals surface area contributed by atoms with E-state index in [4.69, 9.17) is 0 Å². The topological polar surface area (TPSA) is 91.4 Å². The van der Waals surface area contributed by atoms with E-state index in [0.717, 1.165) is 34.2 Å². The second-order valence-electron chi connectivity index (χ2n) is 9.21. The van der Waals surface area contributed by atoms with Gasteiger partial charge in [0.2, 0.25) is 5.78 Å². The molecule has 2 heterocycles. The fourth-order valence-corrected chi connectivity index (χ4v) is 4.68. The fourth-order valence-electron chi connectivity index (χ4n) is 4.68. The van der Waals surface area contributed by atoms with Crippen molar-refractivity contribution in [3.8, 4) is 0 Å². The summed E-state index contributed by atoms with van der Waals surface area (Å²) in [6, 6.07) is 18.6. The predicted molar refractivity (Wildman–Crippen MR) is 140 cm³/mol. The predicted octanol–water partition coefficient (Wildman–Crippen LogP) is 3.65. The monoisotopic (exact) mass is 484 g/mol. The lowest BCUT2D eigenvalue weighted by molar-refractivity contribution is -0.140. The van der Waals surface area contributed by atoms with Gasteiger partial charge in [-0.25, -0.2) is 0 Å². The number of hydrogen-bond acceptors (Lipinski definition) is 5. The van der Waals surface area contributed by atoms with Crippen molar-refractivity contribution in [3.05, 3.63) is 89.3 Å². The molecule has 0 saturated carbocycles. The third-order valence-electron chi connectivity index (χ3n) is 6.56. The normalized spacial score (nSPS) is 14.9. The van der Waals surface area contributed by atoms with Crippen LogP contribution in [0.1, 0.15) is 42.6 Å². The average Bonchev–Trinajstić information content (AvgIpc) is 3.37. The van der Waals surface area contributed by atoms with Crippen LogP contribution in [0.5, 0.6) is 0 Å². The third-order valence-corrected chi connectivity index (χ3v) is 6.56. The zero-order valence-corrected chi connectivity index (χ0v) is 20.8. The van der Waals surface area contributed by atoms with Crippen molar-refractivity contribution in [2.75, 3.05) is 19.6 Å². The summed E-state index contributed by atoms with van der Waals surface area (Å²) in [6.07, 6.45) is 3.73. The number of carbonyl (C=O) groups is 3. The highest BCUT2D eigenvalue weighted by Crippen LogP contribution is 2.25. The summed E-state index contributed by atoms with van der Waals surface area (Å²) in [5.74, 6) is -1.18. The molecule has 7 nitrogen and oxygen atoms in total. The van der Waals surface area contributed by atoms with Gasteiger partial charge >= 0.3 is 0 Å². The van der Waals surface area contributed by atoms with Gasteiger partial charge in [-0.05, 0) is 50.8 Å². The van der Waals surface area contributed by atoms with Crippen LogP contribution in [0.2, 0.25) is 0 Å². The summed E-state index contributed by atoms with van der Waals surface area (Å²) < 4.78 is 0. The summed E-state index contributed by atoms with van der Waals surface area (Å²) in [5.41, 5.74) is 4.29. The molecule has 2 amide bonds. The van der Waals surface area contributed by atoms with Gasteiger partial charge in [-0.3, -0.25) is 19.4 Å². The lowest BCUT2D eigenvalue weighted by Crippen LogP contribution is -2.46. The maximum Gasteiger partial charge on any atom is 0.289 e. The van der Waals surface area contributed by atoms with E-state index in [2.05, 4.69) is 15.6 Å². The zero-order valence-electron chi connectivity index (χ0n) is 20.8. The number of pyridine rings is 1. The summed E-state index contributed by atoms with van der Waals surface area (Å²) in [4.78, 5) is 45.1. The maximum atomic E-state index is 13.1. The number of Topliss-reactive ketones (excluding diaryl/α,β-unsaturated/α-hetero) is 1. The minimum Gasteiger partial charge on any atom is -0.363 e. The van der Waals surface area contributed by atoms with Gasteiger partial charge < -0.3 is 15.5 Å². The molecular formula is C29H32N4O3. The SMILES string of the molecule is CC(C)=C(CNC(=O)c1ccnc2ccccc12)N1CCCC1C(=O)C(=O)NCCc1ccccc1. The minimum atomic E-state index is -0.553. The number of allylic oxidation sites excluding steroid dienone is 1. The zero-order chi connectivity index (χ0) is 25.5. The van der Waals surface area contributed by atoms with E-state index in [1.54, 1.807) is 12.3 Å². The molecule has 1 aliphatic heterocycles. The van der Waals surface area contributed by atoms with E-state index in [0.29, 0.717) is 31.5 Å². The number of nitrogens with one attached hydrogen (secondary N) is 2. The minimum absolute atomic E-state index is 0.201. The number of benzene rings is 2. The number of rotatable bonds is 9. The Hall–Kier alpha value is -4.00. The van der Waals surface area contributed by atoms with Gasteiger partial charge in [-0.1, -0.05) is 54.1 Å². The number of amides is 2. The maximum absolute atomic E-state index is 13.1. The molecular weight excluding hydrogens is 452 g/mol. The molecule has 36 heavy (non-hydrogen) atoms. The molecule has 2 aromatic carbocycles. The molecule has 1 fully saturated rings. The highest BCUT2D eigenvalue weighted by Gasteiger charge is 2.35. The largest absolute Gasteiger partial charge is 0.363 e. The smallest absolute Gasteiger partial charge is 0.289 e. The molecule has 0 aliphatic carbocycles. The first-order chi connectivity index (χ1) is 17.5. The highest BCUT2D eigenvalue weighted by atomic mass is 16.2. The number of nitrogens with zero attached hydrogens (tertiary/aromatic N) is 2. The molecule has 1 unspecified atom stereocenters. The van der Waals surface area contributed by atoms with Crippen LogP contribution in [0.15, 0.2) is 78.1 Å². The second kappa shape index (κ2) is 11.6. The van der Waals surface area contributed by atoms with Gasteiger partial charge in [0.1, 0.15) is 0 Å². The first-order valence-electron chi connectivity index (χ1n) is 12.4. The molecule has 1 saturated heterocycles.